The van der Waals surface area contributed by atoms with Crippen LogP contribution in [-0.4, -0.2) is 22.8 Å². The van der Waals surface area contributed by atoms with Gasteiger partial charge in [-0.2, -0.15) is 0 Å². The van der Waals surface area contributed by atoms with E-state index in [1.165, 1.54) is 0 Å². The molecular weight excluding hydrogens is 276 g/mol. The Labute approximate surface area is 129 Å². The molecule has 112 valence electrons. The highest BCUT2D eigenvalue weighted by Crippen LogP contribution is 2.20. The van der Waals surface area contributed by atoms with Gasteiger partial charge in [-0.25, -0.2) is 0 Å². The minimum Gasteiger partial charge on any atom is -0.464 e. The third-order valence-electron chi connectivity index (χ3n) is 3.61. The van der Waals surface area contributed by atoms with Crippen molar-refractivity contribution in [3.63, 3.8) is 0 Å². The highest BCUT2D eigenvalue weighted by molar-refractivity contribution is 6.06. The van der Waals surface area contributed by atoms with Crippen LogP contribution in [0.15, 0.2) is 46.9 Å². The number of rotatable bonds is 3. The Hall–Kier alpha value is -2.62. The molecule has 0 fully saturated rings. The zero-order valence-corrected chi connectivity index (χ0v) is 13.0. The number of pyridine rings is 1. The van der Waals surface area contributed by atoms with E-state index < -0.39 is 0 Å². The minimum absolute atomic E-state index is 0.0317. The zero-order valence-electron chi connectivity index (χ0n) is 13.0. The standard InChI is InChI=1S/C18H18N2O2/c1-12-10-16(15-6-4-5-7-17(15)19-12)18(21)20(3)11-14-9-8-13(2)22-14/h4-10H,11H2,1-3H3. The van der Waals surface area contributed by atoms with Crippen molar-refractivity contribution in [1.29, 1.82) is 0 Å². The van der Waals surface area contributed by atoms with E-state index in [9.17, 15) is 4.79 Å². The normalized spacial score (nSPS) is 10.9. The smallest absolute Gasteiger partial charge is 0.254 e. The van der Waals surface area contributed by atoms with Crippen molar-refractivity contribution in [2.24, 2.45) is 0 Å². The van der Waals surface area contributed by atoms with Gasteiger partial charge in [-0.3, -0.25) is 9.78 Å². The second-order valence-corrected chi connectivity index (χ2v) is 5.50. The molecule has 0 saturated heterocycles. The molecule has 0 unspecified atom stereocenters. The maximum Gasteiger partial charge on any atom is 0.254 e. The first-order chi connectivity index (χ1) is 10.5. The molecule has 0 saturated carbocycles. The van der Waals surface area contributed by atoms with Crippen molar-refractivity contribution in [2.45, 2.75) is 20.4 Å². The van der Waals surface area contributed by atoms with Gasteiger partial charge in [-0.05, 0) is 38.1 Å². The van der Waals surface area contributed by atoms with Crippen molar-refractivity contribution >= 4 is 16.8 Å². The predicted octanol–water partition coefficient (Wildman–Crippen LogP) is 3.72. The van der Waals surface area contributed by atoms with Crippen LogP contribution in [0.2, 0.25) is 0 Å². The molecule has 2 aromatic heterocycles. The first-order valence-electron chi connectivity index (χ1n) is 7.22. The molecule has 0 atom stereocenters. The van der Waals surface area contributed by atoms with Crippen molar-refractivity contribution in [3.8, 4) is 0 Å². The van der Waals surface area contributed by atoms with Gasteiger partial charge in [0.25, 0.3) is 5.91 Å². The van der Waals surface area contributed by atoms with Crippen molar-refractivity contribution in [3.05, 3.63) is 65.2 Å². The quantitative estimate of drug-likeness (QED) is 0.739. The van der Waals surface area contributed by atoms with Crippen molar-refractivity contribution in [1.82, 2.24) is 9.88 Å². The van der Waals surface area contributed by atoms with Crippen LogP contribution in [0.4, 0.5) is 0 Å². The number of benzene rings is 1. The van der Waals surface area contributed by atoms with Crippen LogP contribution in [0.1, 0.15) is 27.6 Å². The molecule has 0 aliphatic carbocycles. The van der Waals surface area contributed by atoms with Crippen molar-refractivity contribution < 1.29 is 9.21 Å². The number of aromatic nitrogens is 1. The lowest BCUT2D eigenvalue weighted by molar-refractivity contribution is 0.0777. The van der Waals surface area contributed by atoms with Gasteiger partial charge in [0, 0.05) is 18.1 Å². The molecule has 1 amide bonds. The first kappa shape index (κ1) is 14.3. The summed E-state index contributed by atoms with van der Waals surface area (Å²) < 4.78 is 5.55. The van der Waals surface area contributed by atoms with Crippen LogP contribution in [-0.2, 0) is 6.54 Å². The Balaban J connectivity index is 1.94. The van der Waals surface area contributed by atoms with Crippen LogP contribution in [0, 0.1) is 13.8 Å². The fourth-order valence-corrected chi connectivity index (χ4v) is 2.57. The van der Waals surface area contributed by atoms with Crippen molar-refractivity contribution in [2.75, 3.05) is 7.05 Å². The maximum atomic E-state index is 12.8. The van der Waals surface area contributed by atoms with Crippen LogP contribution < -0.4 is 0 Å². The SMILES string of the molecule is Cc1cc(C(=O)N(C)Cc2ccc(C)o2)c2ccccc2n1. The summed E-state index contributed by atoms with van der Waals surface area (Å²) in [6.07, 6.45) is 0. The largest absolute Gasteiger partial charge is 0.464 e. The van der Waals surface area contributed by atoms with Gasteiger partial charge < -0.3 is 9.32 Å². The van der Waals surface area contributed by atoms with E-state index in [0.29, 0.717) is 12.1 Å². The van der Waals surface area contributed by atoms with Gasteiger partial charge in [0.1, 0.15) is 11.5 Å². The summed E-state index contributed by atoms with van der Waals surface area (Å²) in [6, 6.07) is 13.3. The number of carbonyl (C=O) groups is 1. The number of fused-ring (bicyclic) bond motifs is 1. The van der Waals surface area contributed by atoms with Gasteiger partial charge in [-0.1, -0.05) is 18.2 Å². The Bertz CT molecular complexity index is 836. The lowest BCUT2D eigenvalue weighted by Crippen LogP contribution is -2.26. The van der Waals surface area contributed by atoms with Gasteiger partial charge in [0.2, 0.25) is 0 Å². The number of nitrogens with zero attached hydrogens (tertiary/aromatic N) is 2. The summed E-state index contributed by atoms with van der Waals surface area (Å²) >= 11 is 0. The minimum atomic E-state index is -0.0317. The monoisotopic (exact) mass is 294 g/mol. The van der Waals surface area contributed by atoms with Gasteiger partial charge in [-0.15, -0.1) is 0 Å². The summed E-state index contributed by atoms with van der Waals surface area (Å²) in [5, 5.41) is 0.876. The molecule has 3 aromatic rings. The summed E-state index contributed by atoms with van der Waals surface area (Å²) in [6.45, 7) is 4.24. The molecule has 4 heteroatoms. The molecule has 0 spiro atoms. The molecule has 0 aliphatic rings. The number of carbonyl (C=O) groups excluding carboxylic acids is 1. The highest BCUT2D eigenvalue weighted by Gasteiger charge is 2.17. The molecule has 2 heterocycles. The molecule has 1 aromatic carbocycles. The number of amides is 1. The molecule has 3 rings (SSSR count). The summed E-state index contributed by atoms with van der Waals surface area (Å²) in [5.74, 6) is 1.60. The topological polar surface area (TPSA) is 46.3 Å². The number of para-hydroxylation sites is 1. The number of furan rings is 1. The summed E-state index contributed by atoms with van der Waals surface area (Å²) in [7, 11) is 1.78. The predicted molar refractivity (Wildman–Crippen MR) is 85.7 cm³/mol. The Morgan fingerprint density at radius 2 is 1.95 bits per heavy atom. The second-order valence-electron chi connectivity index (χ2n) is 5.50. The van der Waals surface area contributed by atoms with E-state index in [4.69, 9.17) is 4.42 Å². The summed E-state index contributed by atoms with van der Waals surface area (Å²) in [4.78, 5) is 18.9. The average Bonchev–Trinajstić information content (AvgIpc) is 2.90. The van der Waals surface area contributed by atoms with Crippen LogP contribution in [0.25, 0.3) is 10.9 Å². The molecule has 4 nitrogen and oxygen atoms in total. The fourth-order valence-electron chi connectivity index (χ4n) is 2.57. The van der Waals surface area contributed by atoms with E-state index in [1.807, 2.05) is 56.3 Å². The molecular formula is C18H18N2O2. The first-order valence-corrected chi connectivity index (χ1v) is 7.22. The van der Waals surface area contributed by atoms with Crippen LogP contribution in [0.5, 0.6) is 0 Å². The average molecular weight is 294 g/mol. The Kier molecular flexibility index (Phi) is 3.67. The molecule has 0 bridgehead atoms. The van der Waals surface area contributed by atoms with E-state index in [0.717, 1.165) is 28.1 Å². The number of hydrogen-bond acceptors (Lipinski definition) is 3. The zero-order chi connectivity index (χ0) is 15.7. The van der Waals surface area contributed by atoms with E-state index >= 15 is 0 Å². The number of hydrogen-bond donors (Lipinski definition) is 0. The lowest BCUT2D eigenvalue weighted by atomic mass is 10.1. The number of aryl methyl sites for hydroxylation is 2. The van der Waals surface area contributed by atoms with Gasteiger partial charge in [0.15, 0.2) is 0 Å². The van der Waals surface area contributed by atoms with E-state index in [2.05, 4.69) is 4.98 Å². The molecule has 0 aliphatic heterocycles. The van der Waals surface area contributed by atoms with Gasteiger partial charge >= 0.3 is 0 Å². The molecule has 0 N–H and O–H groups in total. The summed E-state index contributed by atoms with van der Waals surface area (Å²) in [5.41, 5.74) is 2.35. The molecule has 22 heavy (non-hydrogen) atoms. The van der Waals surface area contributed by atoms with Crippen LogP contribution in [0.3, 0.4) is 0 Å². The van der Waals surface area contributed by atoms with Crippen LogP contribution >= 0.6 is 0 Å². The lowest BCUT2D eigenvalue weighted by Gasteiger charge is -2.17. The fraction of sp³-hybridized carbons (Fsp3) is 0.222. The second kappa shape index (κ2) is 5.64. The third-order valence-corrected chi connectivity index (χ3v) is 3.61. The highest BCUT2D eigenvalue weighted by atomic mass is 16.3. The van der Waals surface area contributed by atoms with Gasteiger partial charge in [0.05, 0.1) is 17.6 Å². The third kappa shape index (κ3) is 2.72. The maximum absolute atomic E-state index is 12.8. The molecule has 0 radical (unpaired) electrons. The Morgan fingerprint density at radius 1 is 1.18 bits per heavy atom. The van der Waals surface area contributed by atoms with E-state index in [-0.39, 0.29) is 5.91 Å². The Morgan fingerprint density at radius 3 is 2.68 bits per heavy atom. The van der Waals surface area contributed by atoms with E-state index in [1.54, 1.807) is 11.9 Å².